The number of hydrogen-bond acceptors (Lipinski definition) is 1. The first-order valence-electron chi connectivity index (χ1n) is 4.66. The second-order valence-electron chi connectivity index (χ2n) is 3.62. The number of allylic oxidation sites excluding steroid dienone is 1. The van der Waals surface area contributed by atoms with Crippen LogP contribution in [0, 0.1) is 0 Å². The van der Waals surface area contributed by atoms with E-state index in [1.807, 2.05) is 0 Å². The summed E-state index contributed by atoms with van der Waals surface area (Å²) in [6.45, 7) is 0. The van der Waals surface area contributed by atoms with Crippen molar-refractivity contribution in [2.24, 2.45) is 5.73 Å². The van der Waals surface area contributed by atoms with Crippen molar-refractivity contribution in [1.82, 2.24) is 0 Å². The summed E-state index contributed by atoms with van der Waals surface area (Å²) in [5.41, 5.74) is 4.99. The van der Waals surface area contributed by atoms with Gasteiger partial charge < -0.3 is 5.73 Å². The van der Waals surface area contributed by atoms with Gasteiger partial charge in [0.15, 0.2) is 0 Å². The molecule has 0 saturated carbocycles. The van der Waals surface area contributed by atoms with Gasteiger partial charge in [0.1, 0.15) is 0 Å². The summed E-state index contributed by atoms with van der Waals surface area (Å²) in [5.74, 6) is -4.84. The largest absolute Gasteiger partial charge is 0.455 e. The SMILES string of the molecule is NC(C1=CCCCC1)C(F)(F)C(F)(F)F. The van der Waals surface area contributed by atoms with Crippen LogP contribution in [0.3, 0.4) is 0 Å². The van der Waals surface area contributed by atoms with Crippen molar-refractivity contribution in [3.8, 4) is 0 Å². The molecule has 0 aromatic heterocycles. The predicted molar refractivity (Wildman–Crippen MR) is 45.5 cm³/mol. The topological polar surface area (TPSA) is 26.0 Å². The highest BCUT2D eigenvalue weighted by molar-refractivity contribution is 5.17. The molecule has 0 aliphatic heterocycles. The molecule has 2 N–H and O–H groups in total. The molecule has 0 bridgehead atoms. The van der Waals surface area contributed by atoms with E-state index in [0.29, 0.717) is 12.8 Å². The van der Waals surface area contributed by atoms with Crippen molar-refractivity contribution < 1.29 is 22.0 Å². The lowest BCUT2D eigenvalue weighted by Crippen LogP contribution is -2.52. The number of rotatable bonds is 2. The van der Waals surface area contributed by atoms with E-state index in [-0.39, 0.29) is 12.0 Å². The maximum absolute atomic E-state index is 12.8. The zero-order valence-electron chi connectivity index (χ0n) is 7.95. The second kappa shape index (κ2) is 4.08. The molecule has 0 heterocycles. The zero-order chi connectivity index (χ0) is 11.7. The van der Waals surface area contributed by atoms with E-state index >= 15 is 0 Å². The Hall–Kier alpha value is -0.650. The van der Waals surface area contributed by atoms with Crippen molar-refractivity contribution in [3.05, 3.63) is 11.6 Å². The Balaban J connectivity index is 2.83. The maximum atomic E-state index is 12.8. The van der Waals surface area contributed by atoms with Crippen LogP contribution in [0.25, 0.3) is 0 Å². The Kier molecular flexibility index (Phi) is 3.38. The van der Waals surface area contributed by atoms with Crippen LogP contribution in [0.4, 0.5) is 22.0 Å². The Bertz CT molecular complexity index is 256. The molecular formula is C9H12F5N. The lowest BCUT2D eigenvalue weighted by Gasteiger charge is -2.28. The van der Waals surface area contributed by atoms with Gasteiger partial charge in [-0.05, 0) is 25.7 Å². The average Bonchev–Trinajstić information content (AvgIpc) is 2.16. The summed E-state index contributed by atoms with van der Waals surface area (Å²) in [6, 6.07) is -2.24. The highest BCUT2D eigenvalue weighted by atomic mass is 19.4. The Morgan fingerprint density at radius 1 is 1.13 bits per heavy atom. The number of nitrogens with two attached hydrogens (primary N) is 1. The fourth-order valence-corrected chi connectivity index (χ4v) is 1.55. The third kappa shape index (κ3) is 2.48. The average molecular weight is 229 g/mol. The lowest BCUT2D eigenvalue weighted by atomic mass is 9.91. The quantitative estimate of drug-likeness (QED) is 0.571. The molecule has 1 unspecified atom stereocenters. The third-order valence-electron chi connectivity index (χ3n) is 2.49. The van der Waals surface area contributed by atoms with E-state index in [1.165, 1.54) is 6.08 Å². The highest BCUT2D eigenvalue weighted by Gasteiger charge is 2.61. The van der Waals surface area contributed by atoms with E-state index < -0.39 is 18.1 Å². The van der Waals surface area contributed by atoms with Crippen LogP contribution in [-0.4, -0.2) is 18.1 Å². The second-order valence-corrected chi connectivity index (χ2v) is 3.62. The molecule has 0 aromatic carbocycles. The van der Waals surface area contributed by atoms with Gasteiger partial charge in [0, 0.05) is 0 Å². The van der Waals surface area contributed by atoms with Crippen molar-refractivity contribution in [1.29, 1.82) is 0 Å². The van der Waals surface area contributed by atoms with Gasteiger partial charge in [-0.3, -0.25) is 0 Å². The van der Waals surface area contributed by atoms with Crippen molar-refractivity contribution in [2.75, 3.05) is 0 Å². The van der Waals surface area contributed by atoms with Crippen molar-refractivity contribution in [2.45, 2.75) is 43.8 Å². The van der Waals surface area contributed by atoms with Crippen molar-refractivity contribution in [3.63, 3.8) is 0 Å². The Morgan fingerprint density at radius 3 is 2.13 bits per heavy atom. The van der Waals surface area contributed by atoms with E-state index in [1.54, 1.807) is 0 Å². The Morgan fingerprint density at radius 2 is 1.73 bits per heavy atom. The molecular weight excluding hydrogens is 217 g/mol. The van der Waals surface area contributed by atoms with Gasteiger partial charge in [0.25, 0.3) is 0 Å². The van der Waals surface area contributed by atoms with Crippen LogP contribution in [0.1, 0.15) is 25.7 Å². The molecule has 1 rings (SSSR count). The Labute approximate surface area is 84.1 Å². The molecule has 0 amide bonds. The van der Waals surface area contributed by atoms with Crippen molar-refractivity contribution >= 4 is 0 Å². The summed E-state index contributed by atoms with van der Waals surface area (Å²) in [7, 11) is 0. The van der Waals surface area contributed by atoms with E-state index in [0.717, 1.165) is 6.42 Å². The third-order valence-corrected chi connectivity index (χ3v) is 2.49. The van der Waals surface area contributed by atoms with Gasteiger partial charge in [-0.25, -0.2) is 0 Å². The number of halogens is 5. The minimum Gasteiger partial charge on any atom is -0.319 e. The molecule has 6 heteroatoms. The molecule has 0 radical (unpaired) electrons. The normalized spacial score (nSPS) is 21.1. The molecule has 88 valence electrons. The highest BCUT2D eigenvalue weighted by Crippen LogP contribution is 2.40. The molecule has 1 atom stereocenters. The summed E-state index contributed by atoms with van der Waals surface area (Å²) in [6.07, 6.45) is -2.00. The molecule has 1 nitrogen and oxygen atoms in total. The van der Waals surface area contributed by atoms with Crippen LogP contribution in [-0.2, 0) is 0 Å². The fraction of sp³-hybridized carbons (Fsp3) is 0.778. The summed E-state index contributed by atoms with van der Waals surface area (Å²) in [5, 5.41) is 0. The first kappa shape index (κ1) is 12.4. The zero-order valence-corrected chi connectivity index (χ0v) is 7.95. The monoisotopic (exact) mass is 229 g/mol. The van der Waals surface area contributed by atoms with Gasteiger partial charge in [0.2, 0.25) is 0 Å². The minimum absolute atomic E-state index is 0.0172. The summed E-state index contributed by atoms with van der Waals surface area (Å²) in [4.78, 5) is 0. The first-order valence-corrected chi connectivity index (χ1v) is 4.66. The smallest absolute Gasteiger partial charge is 0.319 e. The standard InChI is InChI=1S/C9H12F5N/c10-8(11,9(12,13)14)7(15)6-4-2-1-3-5-6/h4,7H,1-3,5,15H2. The minimum atomic E-state index is -5.58. The van der Waals surface area contributed by atoms with Gasteiger partial charge in [0.05, 0.1) is 6.04 Å². The molecule has 1 aliphatic rings. The van der Waals surface area contributed by atoms with E-state index in [2.05, 4.69) is 0 Å². The van der Waals surface area contributed by atoms with Crippen LogP contribution < -0.4 is 5.73 Å². The van der Waals surface area contributed by atoms with E-state index in [9.17, 15) is 22.0 Å². The van der Waals surface area contributed by atoms with Crippen LogP contribution in [0.2, 0.25) is 0 Å². The summed E-state index contributed by atoms with van der Waals surface area (Å²) >= 11 is 0. The molecule has 0 aromatic rings. The number of hydrogen-bond donors (Lipinski definition) is 1. The van der Waals surface area contributed by atoms with E-state index in [4.69, 9.17) is 5.73 Å². The fourth-order valence-electron chi connectivity index (χ4n) is 1.55. The molecule has 15 heavy (non-hydrogen) atoms. The van der Waals surface area contributed by atoms with Crippen LogP contribution >= 0.6 is 0 Å². The van der Waals surface area contributed by atoms with Gasteiger partial charge in [-0.2, -0.15) is 22.0 Å². The first-order chi connectivity index (χ1) is 6.77. The van der Waals surface area contributed by atoms with Gasteiger partial charge in [-0.15, -0.1) is 0 Å². The lowest BCUT2D eigenvalue weighted by molar-refractivity contribution is -0.286. The number of alkyl halides is 5. The van der Waals surface area contributed by atoms with Crippen LogP contribution in [0.15, 0.2) is 11.6 Å². The molecule has 0 spiro atoms. The maximum Gasteiger partial charge on any atom is 0.455 e. The molecule has 1 aliphatic carbocycles. The van der Waals surface area contributed by atoms with Gasteiger partial charge in [-0.1, -0.05) is 11.6 Å². The summed E-state index contributed by atoms with van der Waals surface area (Å²) < 4.78 is 61.6. The predicted octanol–water partition coefficient (Wildman–Crippen LogP) is 3.01. The molecule has 0 saturated heterocycles. The van der Waals surface area contributed by atoms with Crippen LogP contribution in [0.5, 0.6) is 0 Å². The molecule has 0 fully saturated rings. The van der Waals surface area contributed by atoms with Gasteiger partial charge >= 0.3 is 12.1 Å².